The van der Waals surface area contributed by atoms with Crippen LogP contribution in [0.25, 0.3) is 0 Å². The minimum absolute atomic E-state index is 0.0899. The summed E-state index contributed by atoms with van der Waals surface area (Å²) < 4.78 is 22.1. The molecule has 0 spiro atoms. The van der Waals surface area contributed by atoms with Crippen molar-refractivity contribution in [1.82, 2.24) is 15.7 Å². The molecule has 1 atom stereocenters. The van der Waals surface area contributed by atoms with Crippen molar-refractivity contribution < 1.29 is 17.9 Å². The largest absolute Gasteiger partial charge is 0.493 e. The first-order valence-electron chi connectivity index (χ1n) is 8.81. The Morgan fingerprint density at radius 1 is 1.28 bits per heavy atom. The lowest BCUT2D eigenvalue weighted by Crippen LogP contribution is -2.40. The van der Waals surface area contributed by atoms with Crippen LogP contribution < -0.4 is 25.1 Å². The molecule has 0 radical (unpaired) electrons. The van der Waals surface area contributed by atoms with Crippen LogP contribution in [-0.2, 0) is 11.1 Å². The third kappa shape index (κ3) is 7.31. The third-order valence-electron chi connectivity index (χ3n) is 3.68. The third-order valence-corrected chi connectivity index (χ3v) is 4.09. The number of rotatable bonds is 9. The number of hydrogen-bond acceptors (Lipinski definition) is 7. The normalized spacial score (nSPS) is 11.1. The fourth-order valence-electron chi connectivity index (χ4n) is 2.37. The summed E-state index contributed by atoms with van der Waals surface area (Å²) in [5, 5.41) is 11.6. The van der Waals surface area contributed by atoms with Crippen molar-refractivity contribution in [1.29, 1.82) is 5.26 Å². The number of benzene rings is 1. The second-order valence-corrected chi connectivity index (χ2v) is 7.11. The molecular formula is C19H23N5O4S. The number of anilines is 1. The van der Waals surface area contributed by atoms with Crippen molar-refractivity contribution in [2.45, 2.75) is 20.3 Å². The van der Waals surface area contributed by atoms with Crippen LogP contribution in [-0.4, -0.2) is 34.6 Å². The molecule has 0 aliphatic carbocycles. The van der Waals surface area contributed by atoms with Crippen LogP contribution in [0.15, 0.2) is 30.5 Å². The lowest BCUT2D eigenvalue weighted by Gasteiger charge is -2.13. The average Bonchev–Trinajstić information content (AvgIpc) is 2.67. The molecule has 10 heteroatoms. The molecule has 3 N–H and O–H groups in total. The molecule has 0 fully saturated rings. The molecule has 1 aromatic carbocycles. The number of nitrogens with zero attached hydrogens (tertiary/aromatic N) is 2. The van der Waals surface area contributed by atoms with Gasteiger partial charge in [0.25, 0.3) is 0 Å². The summed E-state index contributed by atoms with van der Waals surface area (Å²) in [5.41, 5.74) is 7.47. The number of aromatic nitrogens is 1. The standard InChI is InChI=1S/C19H23N5O4S/c1-13-5-6-16(14(2)9-13)27-8-4-7-21-19(25)24-23-18-17(28-29(3)26)10-15(11-20)12-22-18/h5-6,9-10,12H,4,7-8H2,1-3H3,(H,22,23)(H2,21,24,25). The average molecular weight is 417 g/mol. The van der Waals surface area contributed by atoms with E-state index in [0.717, 1.165) is 11.3 Å². The van der Waals surface area contributed by atoms with Crippen molar-refractivity contribution in [3.05, 3.63) is 47.2 Å². The number of nitrogens with one attached hydrogen (secondary N) is 3. The maximum Gasteiger partial charge on any atom is 0.333 e. The fourth-order valence-corrected chi connectivity index (χ4v) is 2.75. The molecule has 9 nitrogen and oxygen atoms in total. The number of carbonyl (C=O) groups excluding carboxylic acids is 1. The summed E-state index contributed by atoms with van der Waals surface area (Å²) in [6.45, 7) is 4.89. The Hall–Kier alpha value is -3.32. The molecule has 1 heterocycles. The second-order valence-electron chi connectivity index (χ2n) is 6.14. The van der Waals surface area contributed by atoms with Gasteiger partial charge in [-0.05, 0) is 31.9 Å². The number of ether oxygens (including phenoxy) is 1. The lowest BCUT2D eigenvalue weighted by atomic mass is 10.1. The Morgan fingerprint density at radius 3 is 2.76 bits per heavy atom. The van der Waals surface area contributed by atoms with Gasteiger partial charge in [0.2, 0.25) is 11.1 Å². The van der Waals surface area contributed by atoms with Gasteiger partial charge in [0.1, 0.15) is 11.8 Å². The van der Waals surface area contributed by atoms with E-state index in [4.69, 9.17) is 14.2 Å². The minimum Gasteiger partial charge on any atom is -0.493 e. The van der Waals surface area contributed by atoms with Crippen LogP contribution in [0.1, 0.15) is 23.1 Å². The second kappa shape index (κ2) is 10.9. The molecule has 0 saturated carbocycles. The minimum atomic E-state index is -1.61. The summed E-state index contributed by atoms with van der Waals surface area (Å²) in [6.07, 6.45) is 3.26. The quantitative estimate of drug-likeness (QED) is 0.422. The highest BCUT2D eigenvalue weighted by Crippen LogP contribution is 2.23. The molecule has 1 aromatic heterocycles. The first kappa shape index (κ1) is 22.0. The van der Waals surface area contributed by atoms with Crippen LogP contribution in [0.2, 0.25) is 0 Å². The zero-order chi connectivity index (χ0) is 21.2. The van der Waals surface area contributed by atoms with Crippen molar-refractivity contribution in [3.8, 4) is 17.6 Å². The number of amides is 2. The van der Waals surface area contributed by atoms with E-state index in [9.17, 15) is 9.00 Å². The van der Waals surface area contributed by atoms with Gasteiger partial charge >= 0.3 is 6.03 Å². The Labute approximate surface area is 172 Å². The summed E-state index contributed by atoms with van der Waals surface area (Å²) in [5.74, 6) is 1.05. The maximum atomic E-state index is 11.9. The van der Waals surface area contributed by atoms with Gasteiger partial charge in [0, 0.05) is 25.1 Å². The number of carbonyl (C=O) groups is 1. The van der Waals surface area contributed by atoms with Gasteiger partial charge in [-0.15, -0.1) is 0 Å². The molecule has 154 valence electrons. The molecule has 1 unspecified atom stereocenters. The van der Waals surface area contributed by atoms with Crippen LogP contribution in [0.5, 0.6) is 11.5 Å². The van der Waals surface area contributed by atoms with E-state index in [2.05, 4.69) is 27.2 Å². The van der Waals surface area contributed by atoms with Gasteiger partial charge in [0.15, 0.2) is 11.6 Å². The number of hydrogen-bond donors (Lipinski definition) is 3. The fraction of sp³-hybridized carbons (Fsp3) is 0.316. The Bertz CT molecular complexity index is 929. The summed E-state index contributed by atoms with van der Waals surface area (Å²) in [6, 6.07) is 8.78. The monoisotopic (exact) mass is 417 g/mol. The molecule has 0 bridgehead atoms. The van der Waals surface area contributed by atoms with E-state index < -0.39 is 17.1 Å². The number of pyridine rings is 1. The van der Waals surface area contributed by atoms with Crippen molar-refractivity contribution in [2.75, 3.05) is 24.8 Å². The van der Waals surface area contributed by atoms with E-state index in [1.807, 2.05) is 32.0 Å². The van der Waals surface area contributed by atoms with Gasteiger partial charge in [0.05, 0.1) is 12.2 Å². The zero-order valence-corrected chi connectivity index (χ0v) is 17.3. The molecular weight excluding hydrogens is 394 g/mol. The molecule has 2 aromatic rings. The SMILES string of the molecule is Cc1ccc(OCCCNC(=O)NNc2ncc(C#N)cc2OS(C)=O)c(C)c1. The highest BCUT2D eigenvalue weighted by Gasteiger charge is 2.10. The molecule has 0 aliphatic heterocycles. The Balaban J connectivity index is 1.74. The number of nitriles is 1. The molecule has 29 heavy (non-hydrogen) atoms. The van der Waals surface area contributed by atoms with Crippen LogP contribution in [0, 0.1) is 25.2 Å². The topological polar surface area (TPSA) is 125 Å². The van der Waals surface area contributed by atoms with Gasteiger partial charge in [-0.3, -0.25) is 10.9 Å². The summed E-state index contributed by atoms with van der Waals surface area (Å²) in [7, 11) is 0. The van der Waals surface area contributed by atoms with Crippen molar-refractivity contribution in [3.63, 3.8) is 0 Å². The number of urea groups is 1. The zero-order valence-electron chi connectivity index (χ0n) is 16.4. The van der Waals surface area contributed by atoms with Gasteiger partial charge in [-0.1, -0.05) is 17.7 Å². The van der Waals surface area contributed by atoms with Crippen molar-refractivity contribution in [2.24, 2.45) is 0 Å². The summed E-state index contributed by atoms with van der Waals surface area (Å²) in [4.78, 5) is 15.9. The highest BCUT2D eigenvalue weighted by molar-refractivity contribution is 7.79. The lowest BCUT2D eigenvalue weighted by molar-refractivity contribution is 0.241. The van der Waals surface area contributed by atoms with Gasteiger partial charge in [-0.25, -0.2) is 14.0 Å². The van der Waals surface area contributed by atoms with Crippen molar-refractivity contribution >= 4 is 22.9 Å². The maximum absolute atomic E-state index is 11.9. The number of hydrazine groups is 1. The van der Waals surface area contributed by atoms with Crippen LogP contribution in [0.4, 0.5) is 10.6 Å². The van der Waals surface area contributed by atoms with Gasteiger partial charge in [-0.2, -0.15) is 5.26 Å². The van der Waals surface area contributed by atoms with Gasteiger partial charge < -0.3 is 14.2 Å². The Kier molecular flexibility index (Phi) is 8.24. The molecule has 2 rings (SSSR count). The number of aryl methyl sites for hydroxylation is 2. The van der Waals surface area contributed by atoms with E-state index >= 15 is 0 Å². The molecule has 0 aliphatic rings. The highest BCUT2D eigenvalue weighted by atomic mass is 32.2. The van der Waals surface area contributed by atoms with Crippen LogP contribution in [0.3, 0.4) is 0 Å². The predicted molar refractivity (Wildman–Crippen MR) is 110 cm³/mol. The van der Waals surface area contributed by atoms with Crippen LogP contribution >= 0.6 is 0 Å². The first-order valence-corrected chi connectivity index (χ1v) is 10.3. The van der Waals surface area contributed by atoms with E-state index in [1.165, 1.54) is 24.1 Å². The first-order chi connectivity index (χ1) is 13.9. The molecule has 2 amide bonds. The van der Waals surface area contributed by atoms with E-state index in [1.54, 1.807) is 0 Å². The van der Waals surface area contributed by atoms with E-state index in [-0.39, 0.29) is 17.1 Å². The smallest absolute Gasteiger partial charge is 0.333 e. The summed E-state index contributed by atoms with van der Waals surface area (Å²) >= 11 is -1.61. The predicted octanol–water partition coefficient (Wildman–Crippen LogP) is 2.34. The molecule has 0 saturated heterocycles. The Morgan fingerprint density at radius 2 is 2.07 bits per heavy atom. The van der Waals surface area contributed by atoms with E-state index in [0.29, 0.717) is 19.6 Å².